The number of para-hydroxylation sites is 2. The number of anilines is 3. The predicted octanol–water partition coefficient (Wildman–Crippen LogP) is 2.61. The normalized spacial score (nSPS) is 13.4. The summed E-state index contributed by atoms with van der Waals surface area (Å²) in [6.07, 6.45) is 0. The second-order valence-electron chi connectivity index (χ2n) is 7.28. The molecule has 0 spiro atoms. The molecule has 0 saturated heterocycles. The van der Waals surface area contributed by atoms with Crippen molar-refractivity contribution in [3.05, 3.63) is 71.6 Å². The number of rotatable bonds is 6. The Labute approximate surface area is 194 Å². The maximum atomic E-state index is 13.0. The summed E-state index contributed by atoms with van der Waals surface area (Å²) in [7, 11) is -2.40. The van der Waals surface area contributed by atoms with Crippen molar-refractivity contribution < 1.29 is 22.8 Å². The van der Waals surface area contributed by atoms with Crippen LogP contribution in [0.3, 0.4) is 0 Å². The van der Waals surface area contributed by atoms with Crippen molar-refractivity contribution in [2.24, 2.45) is 0 Å². The molecule has 0 radical (unpaired) electrons. The fourth-order valence-electron chi connectivity index (χ4n) is 3.32. The Bertz CT molecular complexity index is 1300. The summed E-state index contributed by atoms with van der Waals surface area (Å²) in [4.78, 5) is 38.7. The number of amides is 3. The summed E-state index contributed by atoms with van der Waals surface area (Å²) in [5.74, 6) is -1.15. The maximum Gasteiger partial charge on any atom is 0.258 e. The number of carbonyl (C=O) groups is 3. The lowest BCUT2D eigenvalue weighted by Gasteiger charge is -2.29. The highest BCUT2D eigenvalue weighted by molar-refractivity contribution is 7.91. The first-order chi connectivity index (χ1) is 15.8. The molecule has 3 amide bonds. The fourth-order valence-corrected chi connectivity index (χ4v) is 5.65. The van der Waals surface area contributed by atoms with Crippen LogP contribution in [0, 0.1) is 0 Å². The topological polar surface area (TPSA) is 116 Å². The molecule has 0 atom stereocenters. The molecular formula is C22H20N4O5S2. The number of thiophene rings is 1. The first-order valence-electron chi connectivity index (χ1n) is 9.86. The SMILES string of the molecule is CN(CC(=O)Nc1ccc(C(=O)N2CC(=O)Nc3ccccc32)cc1)S(=O)(=O)c1cccs1. The van der Waals surface area contributed by atoms with E-state index < -0.39 is 15.9 Å². The molecule has 0 unspecified atom stereocenters. The van der Waals surface area contributed by atoms with Gasteiger partial charge < -0.3 is 10.6 Å². The number of nitrogens with one attached hydrogen (secondary N) is 2. The number of carbonyl (C=O) groups excluding carboxylic acids is 3. The van der Waals surface area contributed by atoms with Crippen molar-refractivity contribution in [2.45, 2.75) is 4.21 Å². The van der Waals surface area contributed by atoms with Crippen LogP contribution in [0.5, 0.6) is 0 Å². The summed E-state index contributed by atoms with van der Waals surface area (Å²) in [6.45, 7) is -0.458. The third-order valence-electron chi connectivity index (χ3n) is 4.96. The highest BCUT2D eigenvalue weighted by Gasteiger charge is 2.27. The van der Waals surface area contributed by atoms with Gasteiger partial charge in [-0.1, -0.05) is 18.2 Å². The van der Waals surface area contributed by atoms with E-state index >= 15 is 0 Å². The lowest BCUT2D eigenvalue weighted by Crippen LogP contribution is -2.42. The number of hydrogen-bond acceptors (Lipinski definition) is 6. The molecule has 1 aliphatic heterocycles. The summed E-state index contributed by atoms with van der Waals surface area (Å²) in [5, 5.41) is 7.01. The van der Waals surface area contributed by atoms with Crippen molar-refractivity contribution in [2.75, 3.05) is 35.7 Å². The predicted molar refractivity (Wildman–Crippen MR) is 126 cm³/mol. The van der Waals surface area contributed by atoms with Crippen LogP contribution in [0.2, 0.25) is 0 Å². The van der Waals surface area contributed by atoms with E-state index in [0.29, 0.717) is 22.6 Å². The zero-order valence-corrected chi connectivity index (χ0v) is 19.2. The Hall–Kier alpha value is -3.54. The molecule has 33 heavy (non-hydrogen) atoms. The van der Waals surface area contributed by atoms with Crippen molar-refractivity contribution in [3.8, 4) is 0 Å². The van der Waals surface area contributed by atoms with Gasteiger partial charge in [-0.25, -0.2) is 8.42 Å². The molecule has 0 bridgehead atoms. The number of likely N-dealkylation sites (N-methyl/N-ethyl adjacent to an activating group) is 1. The number of sulfonamides is 1. The molecule has 1 aromatic heterocycles. The minimum atomic E-state index is -3.73. The van der Waals surface area contributed by atoms with Crippen molar-refractivity contribution in [1.29, 1.82) is 0 Å². The van der Waals surface area contributed by atoms with Crippen molar-refractivity contribution in [3.63, 3.8) is 0 Å². The Balaban J connectivity index is 1.42. The van der Waals surface area contributed by atoms with Gasteiger partial charge in [-0.05, 0) is 47.8 Å². The highest BCUT2D eigenvalue weighted by Crippen LogP contribution is 2.30. The zero-order chi connectivity index (χ0) is 23.6. The summed E-state index contributed by atoms with van der Waals surface area (Å²) >= 11 is 1.08. The van der Waals surface area contributed by atoms with Gasteiger partial charge in [-0.2, -0.15) is 4.31 Å². The van der Waals surface area contributed by atoms with Gasteiger partial charge in [-0.3, -0.25) is 19.3 Å². The molecule has 1 aliphatic rings. The standard InChI is InChI=1S/C22H20N4O5S2/c1-25(33(30,31)21-7-4-12-32-21)13-19(27)23-16-10-8-15(9-11-16)22(29)26-14-20(28)24-17-5-2-3-6-18(17)26/h2-12H,13-14H2,1H3,(H,23,27)(H,24,28). The van der Waals surface area contributed by atoms with Crippen molar-refractivity contribution in [1.82, 2.24) is 4.31 Å². The number of nitrogens with zero attached hydrogens (tertiary/aromatic N) is 2. The number of hydrogen-bond donors (Lipinski definition) is 2. The average Bonchev–Trinajstić information content (AvgIpc) is 3.34. The van der Waals surface area contributed by atoms with Crippen LogP contribution in [0.15, 0.2) is 70.3 Å². The van der Waals surface area contributed by atoms with E-state index in [0.717, 1.165) is 15.6 Å². The molecule has 0 fully saturated rings. The van der Waals surface area contributed by atoms with Crippen LogP contribution in [0.25, 0.3) is 0 Å². The van der Waals surface area contributed by atoms with Gasteiger partial charge in [0.25, 0.3) is 15.9 Å². The van der Waals surface area contributed by atoms with Crippen LogP contribution in [-0.2, 0) is 19.6 Å². The lowest BCUT2D eigenvalue weighted by atomic mass is 10.1. The molecule has 9 nitrogen and oxygen atoms in total. The molecule has 2 N–H and O–H groups in total. The van der Waals surface area contributed by atoms with Gasteiger partial charge in [0.2, 0.25) is 11.8 Å². The molecule has 3 aromatic rings. The fraction of sp³-hybridized carbons (Fsp3) is 0.136. The number of benzene rings is 2. The van der Waals surface area contributed by atoms with E-state index in [-0.39, 0.29) is 29.1 Å². The maximum absolute atomic E-state index is 13.0. The molecule has 11 heteroatoms. The first kappa shape index (κ1) is 22.6. The van der Waals surface area contributed by atoms with Crippen LogP contribution in [0.1, 0.15) is 10.4 Å². The van der Waals surface area contributed by atoms with E-state index in [1.807, 2.05) is 0 Å². The summed E-state index contributed by atoms with van der Waals surface area (Å²) in [6, 6.07) is 16.3. The highest BCUT2D eigenvalue weighted by atomic mass is 32.2. The third-order valence-corrected chi connectivity index (χ3v) is 8.13. The quantitative estimate of drug-likeness (QED) is 0.558. The smallest absolute Gasteiger partial charge is 0.258 e. The van der Waals surface area contributed by atoms with Gasteiger partial charge in [0.15, 0.2) is 0 Å². The van der Waals surface area contributed by atoms with Crippen LogP contribution < -0.4 is 15.5 Å². The van der Waals surface area contributed by atoms with Crippen LogP contribution in [-0.4, -0.2) is 50.6 Å². The van der Waals surface area contributed by atoms with E-state index in [9.17, 15) is 22.8 Å². The molecule has 170 valence electrons. The summed E-state index contributed by atoms with van der Waals surface area (Å²) in [5.41, 5.74) is 1.92. The van der Waals surface area contributed by atoms with Gasteiger partial charge in [0.1, 0.15) is 10.8 Å². The van der Waals surface area contributed by atoms with Gasteiger partial charge in [0, 0.05) is 18.3 Å². The zero-order valence-electron chi connectivity index (χ0n) is 17.5. The molecule has 2 heterocycles. The second kappa shape index (κ2) is 9.14. The van der Waals surface area contributed by atoms with Gasteiger partial charge >= 0.3 is 0 Å². The lowest BCUT2D eigenvalue weighted by molar-refractivity contribution is -0.116. The Morgan fingerprint density at radius 1 is 1.09 bits per heavy atom. The van der Waals surface area contributed by atoms with Crippen LogP contribution in [0.4, 0.5) is 17.1 Å². The minimum Gasteiger partial charge on any atom is -0.325 e. The van der Waals surface area contributed by atoms with E-state index in [2.05, 4.69) is 10.6 Å². The molecule has 0 saturated carbocycles. The first-order valence-corrected chi connectivity index (χ1v) is 12.2. The van der Waals surface area contributed by atoms with E-state index in [4.69, 9.17) is 0 Å². The van der Waals surface area contributed by atoms with Gasteiger partial charge in [-0.15, -0.1) is 11.3 Å². The average molecular weight is 485 g/mol. The minimum absolute atomic E-state index is 0.0978. The van der Waals surface area contributed by atoms with E-state index in [1.54, 1.807) is 60.0 Å². The van der Waals surface area contributed by atoms with E-state index in [1.165, 1.54) is 18.0 Å². The molecule has 0 aliphatic carbocycles. The van der Waals surface area contributed by atoms with Gasteiger partial charge in [0.05, 0.1) is 17.9 Å². The third kappa shape index (κ3) is 4.80. The molecule has 4 rings (SSSR count). The number of fused-ring (bicyclic) bond motifs is 1. The molecular weight excluding hydrogens is 464 g/mol. The largest absolute Gasteiger partial charge is 0.325 e. The molecule has 2 aromatic carbocycles. The Morgan fingerprint density at radius 2 is 1.82 bits per heavy atom. The van der Waals surface area contributed by atoms with Crippen LogP contribution >= 0.6 is 11.3 Å². The Morgan fingerprint density at radius 3 is 2.52 bits per heavy atom. The van der Waals surface area contributed by atoms with Crippen molar-refractivity contribution >= 4 is 56.1 Å². The Kier molecular flexibility index (Phi) is 6.27. The summed E-state index contributed by atoms with van der Waals surface area (Å²) < 4.78 is 26.0. The second-order valence-corrected chi connectivity index (χ2v) is 10.5. The monoisotopic (exact) mass is 484 g/mol.